The lowest BCUT2D eigenvalue weighted by Crippen LogP contribution is -2.14. The summed E-state index contributed by atoms with van der Waals surface area (Å²) >= 11 is 0. The molecular formula is C27H26O3S2. The second-order valence-electron chi connectivity index (χ2n) is 7.83. The van der Waals surface area contributed by atoms with E-state index in [1.165, 1.54) is 0 Å². The Morgan fingerprint density at radius 2 is 0.812 bits per heavy atom. The minimum atomic E-state index is -4.06. The molecule has 0 N–H and O–H groups in total. The van der Waals surface area contributed by atoms with Gasteiger partial charge in [-0.15, -0.1) is 0 Å². The Hall–Kier alpha value is -2.86. The van der Waals surface area contributed by atoms with Crippen LogP contribution >= 0.6 is 10.3 Å². The molecule has 0 spiro atoms. The van der Waals surface area contributed by atoms with E-state index >= 15 is 0 Å². The summed E-state index contributed by atoms with van der Waals surface area (Å²) < 4.78 is 33.6. The van der Waals surface area contributed by atoms with Crippen LogP contribution in [-0.2, 0) is 13.7 Å². The molecule has 4 aromatic carbocycles. The zero-order valence-corrected chi connectivity index (χ0v) is 20.0. The van der Waals surface area contributed by atoms with Crippen LogP contribution in [0.5, 0.6) is 0 Å². The van der Waals surface area contributed by atoms with Gasteiger partial charge < -0.3 is 0 Å². The quantitative estimate of drug-likeness (QED) is 0.304. The molecule has 0 saturated carbocycles. The summed E-state index contributed by atoms with van der Waals surface area (Å²) in [5, 5.41) is 0. The molecule has 0 aromatic heterocycles. The monoisotopic (exact) mass is 462 g/mol. The third-order valence-electron chi connectivity index (χ3n) is 5.28. The van der Waals surface area contributed by atoms with Gasteiger partial charge in [0.1, 0.15) is 0 Å². The first-order valence-electron chi connectivity index (χ1n) is 10.4. The average Bonchev–Trinajstić information content (AvgIpc) is 2.79. The Kier molecular flexibility index (Phi) is 6.24. The molecule has 0 heterocycles. The van der Waals surface area contributed by atoms with Gasteiger partial charge in [0.15, 0.2) is 0 Å². The molecule has 0 unspecified atom stereocenters. The molecule has 0 atom stereocenters. The van der Waals surface area contributed by atoms with Gasteiger partial charge in [-0.2, -0.15) is 8.42 Å². The number of hydrogen-bond acceptors (Lipinski definition) is 3. The fourth-order valence-corrected chi connectivity index (χ4v) is 8.67. The van der Waals surface area contributed by atoms with Gasteiger partial charge in [0, 0.05) is 14.7 Å². The van der Waals surface area contributed by atoms with Gasteiger partial charge in [-0.25, -0.2) is 3.63 Å². The number of benzene rings is 4. The van der Waals surface area contributed by atoms with Crippen molar-refractivity contribution in [2.24, 2.45) is 0 Å². The Labute approximate surface area is 192 Å². The minimum absolute atomic E-state index is 0.148. The van der Waals surface area contributed by atoms with Crippen molar-refractivity contribution in [2.45, 2.75) is 40.4 Å². The Morgan fingerprint density at radius 1 is 0.469 bits per heavy atom. The number of rotatable bonds is 6. The summed E-state index contributed by atoms with van der Waals surface area (Å²) in [7, 11) is -6.63. The van der Waals surface area contributed by atoms with E-state index in [-0.39, 0.29) is 4.90 Å². The second-order valence-corrected chi connectivity index (χ2v) is 12.3. The highest BCUT2D eigenvalue weighted by Gasteiger charge is 2.38. The lowest BCUT2D eigenvalue weighted by Gasteiger charge is -2.39. The Bertz CT molecular complexity index is 1250. The van der Waals surface area contributed by atoms with Crippen LogP contribution in [0.3, 0.4) is 0 Å². The molecule has 32 heavy (non-hydrogen) atoms. The molecule has 4 rings (SSSR count). The van der Waals surface area contributed by atoms with E-state index in [9.17, 15) is 8.42 Å². The van der Waals surface area contributed by atoms with E-state index in [4.69, 9.17) is 3.63 Å². The third-order valence-corrected chi connectivity index (χ3v) is 10.5. The number of aryl methyl sites for hydroxylation is 3. The normalized spacial score (nSPS) is 12.5. The van der Waals surface area contributed by atoms with Crippen LogP contribution in [0.15, 0.2) is 123 Å². The van der Waals surface area contributed by atoms with Gasteiger partial charge >= 0.3 is 10.1 Å². The summed E-state index contributed by atoms with van der Waals surface area (Å²) in [5.74, 6) is 0. The molecule has 0 aliphatic carbocycles. The van der Waals surface area contributed by atoms with Crippen molar-refractivity contribution in [2.75, 3.05) is 0 Å². The van der Waals surface area contributed by atoms with Crippen molar-refractivity contribution < 1.29 is 12.0 Å². The maximum Gasteiger partial charge on any atom is 0.307 e. The van der Waals surface area contributed by atoms with Crippen molar-refractivity contribution >= 4 is 20.4 Å². The molecule has 164 valence electrons. The second kappa shape index (κ2) is 8.94. The van der Waals surface area contributed by atoms with E-state index in [0.29, 0.717) is 0 Å². The van der Waals surface area contributed by atoms with Crippen LogP contribution < -0.4 is 0 Å². The van der Waals surface area contributed by atoms with E-state index in [1.54, 1.807) is 24.3 Å². The van der Waals surface area contributed by atoms with Crippen LogP contribution in [0.25, 0.3) is 0 Å². The minimum Gasteiger partial charge on any atom is -0.203 e. The molecule has 0 bridgehead atoms. The zero-order valence-electron chi connectivity index (χ0n) is 18.4. The fourth-order valence-electron chi connectivity index (χ4n) is 3.48. The highest BCUT2D eigenvalue weighted by molar-refractivity contribution is 8.33. The molecular weight excluding hydrogens is 436 g/mol. The maximum atomic E-state index is 13.6. The topological polar surface area (TPSA) is 43.4 Å². The molecule has 3 nitrogen and oxygen atoms in total. The zero-order chi connectivity index (χ0) is 22.8. The van der Waals surface area contributed by atoms with Crippen molar-refractivity contribution in [1.29, 1.82) is 0 Å². The predicted octanol–water partition coefficient (Wildman–Crippen LogP) is 7.21. The summed E-state index contributed by atoms with van der Waals surface area (Å²) in [6.45, 7) is 5.95. The van der Waals surface area contributed by atoms with Gasteiger partial charge in [0.25, 0.3) is 0 Å². The lowest BCUT2D eigenvalue weighted by atomic mass is 10.2. The van der Waals surface area contributed by atoms with Crippen LogP contribution in [0.2, 0.25) is 0 Å². The molecule has 4 aromatic rings. The van der Waals surface area contributed by atoms with E-state index < -0.39 is 20.4 Å². The summed E-state index contributed by atoms with van der Waals surface area (Å²) in [6, 6.07) is 32.3. The average molecular weight is 463 g/mol. The number of hydrogen-bond donors (Lipinski definition) is 0. The fraction of sp³-hybridized carbons (Fsp3) is 0.111. The van der Waals surface area contributed by atoms with Gasteiger partial charge in [0.05, 0.1) is 4.90 Å². The molecule has 0 aliphatic heterocycles. The van der Waals surface area contributed by atoms with Crippen molar-refractivity contribution in [1.82, 2.24) is 0 Å². The third kappa shape index (κ3) is 4.37. The van der Waals surface area contributed by atoms with E-state index in [1.807, 2.05) is 99.6 Å². The van der Waals surface area contributed by atoms with E-state index in [0.717, 1.165) is 31.4 Å². The van der Waals surface area contributed by atoms with Crippen molar-refractivity contribution in [3.8, 4) is 0 Å². The molecule has 0 radical (unpaired) electrons. The summed E-state index contributed by atoms with van der Waals surface area (Å²) in [6.07, 6.45) is 0. The van der Waals surface area contributed by atoms with E-state index in [2.05, 4.69) is 0 Å². The van der Waals surface area contributed by atoms with Crippen LogP contribution in [-0.4, -0.2) is 8.42 Å². The van der Waals surface area contributed by atoms with Gasteiger partial charge in [-0.3, -0.25) is 0 Å². The highest BCUT2D eigenvalue weighted by atomic mass is 32.3. The first-order valence-corrected chi connectivity index (χ1v) is 13.3. The first kappa shape index (κ1) is 22.3. The van der Waals surface area contributed by atoms with Crippen molar-refractivity contribution in [3.05, 3.63) is 120 Å². The van der Waals surface area contributed by atoms with Gasteiger partial charge in [-0.1, -0.05) is 71.3 Å². The molecule has 0 amide bonds. The van der Waals surface area contributed by atoms with Crippen molar-refractivity contribution in [3.63, 3.8) is 0 Å². The molecule has 0 fully saturated rings. The molecule has 5 heteroatoms. The predicted molar refractivity (Wildman–Crippen MR) is 131 cm³/mol. The van der Waals surface area contributed by atoms with Crippen LogP contribution in [0.1, 0.15) is 16.7 Å². The smallest absolute Gasteiger partial charge is 0.203 e. The highest BCUT2D eigenvalue weighted by Crippen LogP contribution is 2.70. The first-order chi connectivity index (χ1) is 15.3. The largest absolute Gasteiger partial charge is 0.307 e. The molecule has 0 aliphatic rings. The Balaban J connectivity index is 2.01. The van der Waals surface area contributed by atoms with Gasteiger partial charge in [-0.05, 0) is 79.6 Å². The lowest BCUT2D eigenvalue weighted by molar-refractivity contribution is 0.508. The SMILES string of the molecule is Cc1ccc(S(OS(=O)(=O)c2ccc(C)cc2)(c2ccccc2)c2ccc(C)cc2)cc1. The van der Waals surface area contributed by atoms with Crippen LogP contribution in [0, 0.1) is 20.8 Å². The summed E-state index contributed by atoms with van der Waals surface area (Å²) in [4.78, 5) is 2.63. The summed E-state index contributed by atoms with van der Waals surface area (Å²) in [5.41, 5.74) is 3.18. The molecule has 0 saturated heterocycles. The maximum absolute atomic E-state index is 13.6. The standard InChI is InChI=1S/C27H26O3S2/c1-21-9-15-25(16-10-21)31(24-7-5-4-6-8-24,26-17-11-22(2)12-18-26)30-32(28,29)27-19-13-23(3)14-20-27/h4-20H,1-3H3. The van der Waals surface area contributed by atoms with Crippen LogP contribution in [0.4, 0.5) is 0 Å². The Morgan fingerprint density at radius 3 is 1.22 bits per heavy atom. The van der Waals surface area contributed by atoms with Gasteiger partial charge in [0.2, 0.25) is 0 Å².